The van der Waals surface area contributed by atoms with Crippen LogP contribution in [0.2, 0.25) is 0 Å². The molecule has 72 valence electrons. The Bertz CT molecular complexity index is 294. The van der Waals surface area contributed by atoms with Gasteiger partial charge in [0.2, 0.25) is 0 Å². The summed E-state index contributed by atoms with van der Waals surface area (Å²) in [7, 11) is 3.92. The molecule has 1 aromatic heterocycles. The number of hydrogen-bond donors (Lipinski definition) is 0. The summed E-state index contributed by atoms with van der Waals surface area (Å²) in [6.45, 7) is 2.23. The van der Waals surface area contributed by atoms with Gasteiger partial charge in [-0.3, -0.25) is 4.90 Å². The van der Waals surface area contributed by atoms with Gasteiger partial charge in [-0.15, -0.1) is 10.2 Å². The van der Waals surface area contributed by atoms with E-state index >= 15 is 0 Å². The Kier molecular flexibility index (Phi) is 2.03. The minimum absolute atomic E-state index is 0.365. The van der Waals surface area contributed by atoms with Crippen LogP contribution in [0.15, 0.2) is 0 Å². The van der Waals surface area contributed by atoms with Gasteiger partial charge in [-0.05, 0) is 32.0 Å². The van der Waals surface area contributed by atoms with Crippen LogP contribution in [0.1, 0.15) is 31.6 Å². The third-order valence-corrected chi connectivity index (χ3v) is 2.87. The van der Waals surface area contributed by atoms with Crippen molar-refractivity contribution in [2.24, 2.45) is 7.05 Å². The average Bonchev–Trinajstić information content (AvgIpc) is 2.62. The van der Waals surface area contributed by atoms with Crippen LogP contribution in [-0.2, 0) is 7.05 Å². The summed E-state index contributed by atoms with van der Waals surface area (Å²) >= 11 is 0. The predicted molar refractivity (Wildman–Crippen MR) is 48.0 cm³/mol. The molecule has 1 fully saturated rings. The molecule has 2 rings (SSSR count). The Hall–Kier alpha value is -0.970. The summed E-state index contributed by atoms with van der Waals surface area (Å²) in [5.41, 5.74) is 0. The number of nitrogens with zero attached hydrogens (tertiary/aromatic N) is 5. The lowest BCUT2D eigenvalue weighted by Crippen LogP contribution is -2.25. The highest BCUT2D eigenvalue weighted by molar-refractivity contribution is 4.95. The van der Waals surface area contributed by atoms with E-state index in [1.165, 1.54) is 11.2 Å². The zero-order valence-corrected chi connectivity index (χ0v) is 8.30. The number of aromatic nitrogens is 4. The van der Waals surface area contributed by atoms with Gasteiger partial charge in [0.25, 0.3) is 0 Å². The highest BCUT2D eigenvalue weighted by Crippen LogP contribution is 2.31. The summed E-state index contributed by atoms with van der Waals surface area (Å²) in [6, 6.07) is 0.998. The van der Waals surface area contributed by atoms with E-state index in [2.05, 4.69) is 34.3 Å². The maximum absolute atomic E-state index is 4.23. The first-order valence-corrected chi connectivity index (χ1v) is 4.64. The Morgan fingerprint density at radius 2 is 2.08 bits per heavy atom. The molecule has 1 saturated heterocycles. The van der Waals surface area contributed by atoms with Crippen LogP contribution in [-0.4, -0.2) is 38.2 Å². The van der Waals surface area contributed by atoms with Gasteiger partial charge in [-0.2, -0.15) is 4.80 Å². The SMILES string of the molecule is C[C@@H]1CC[C@H](c2nnn(C)n2)N1C. The van der Waals surface area contributed by atoms with Crippen LogP contribution < -0.4 is 0 Å². The van der Waals surface area contributed by atoms with Gasteiger partial charge in [0.15, 0.2) is 5.82 Å². The normalized spacial score (nSPS) is 29.8. The van der Waals surface area contributed by atoms with Crippen molar-refractivity contribution in [2.75, 3.05) is 7.05 Å². The molecule has 1 aliphatic heterocycles. The molecule has 0 spiro atoms. The molecule has 0 bridgehead atoms. The summed E-state index contributed by atoms with van der Waals surface area (Å²) in [4.78, 5) is 3.84. The topological polar surface area (TPSA) is 46.8 Å². The van der Waals surface area contributed by atoms with Crippen LogP contribution in [0, 0.1) is 0 Å². The number of likely N-dealkylation sites (tertiary alicyclic amines) is 1. The van der Waals surface area contributed by atoms with Crippen LogP contribution in [0.25, 0.3) is 0 Å². The molecular formula is C8H15N5. The van der Waals surface area contributed by atoms with Gasteiger partial charge in [0, 0.05) is 6.04 Å². The van der Waals surface area contributed by atoms with Crippen LogP contribution >= 0.6 is 0 Å². The lowest BCUT2D eigenvalue weighted by Gasteiger charge is -2.20. The van der Waals surface area contributed by atoms with E-state index in [9.17, 15) is 0 Å². The van der Waals surface area contributed by atoms with Crippen molar-refractivity contribution in [3.8, 4) is 0 Å². The first-order valence-electron chi connectivity index (χ1n) is 4.64. The number of rotatable bonds is 1. The molecule has 1 aromatic rings. The second-order valence-corrected chi connectivity index (χ2v) is 3.74. The van der Waals surface area contributed by atoms with Gasteiger partial charge in [-0.1, -0.05) is 0 Å². The van der Waals surface area contributed by atoms with Crippen molar-refractivity contribution in [1.82, 2.24) is 25.1 Å². The van der Waals surface area contributed by atoms with E-state index in [1.54, 1.807) is 7.05 Å². The summed E-state index contributed by atoms with van der Waals surface area (Å²) < 4.78 is 0. The summed E-state index contributed by atoms with van der Waals surface area (Å²) in [6.07, 6.45) is 2.36. The molecule has 0 N–H and O–H groups in total. The Labute approximate surface area is 77.7 Å². The maximum Gasteiger partial charge on any atom is 0.191 e. The molecule has 2 atom stereocenters. The molecule has 0 aliphatic carbocycles. The Balaban J connectivity index is 2.18. The molecule has 0 unspecified atom stereocenters. The third kappa shape index (κ3) is 1.44. The number of aryl methyl sites for hydroxylation is 1. The van der Waals surface area contributed by atoms with E-state index in [0.29, 0.717) is 12.1 Å². The van der Waals surface area contributed by atoms with Gasteiger partial charge in [0.05, 0.1) is 13.1 Å². The first-order chi connectivity index (χ1) is 6.18. The molecular weight excluding hydrogens is 166 g/mol. The first kappa shape index (κ1) is 8.62. The van der Waals surface area contributed by atoms with Crippen LogP contribution in [0.3, 0.4) is 0 Å². The largest absolute Gasteiger partial charge is 0.294 e. The van der Waals surface area contributed by atoms with Gasteiger partial charge in [-0.25, -0.2) is 0 Å². The molecule has 2 heterocycles. The smallest absolute Gasteiger partial charge is 0.191 e. The summed E-state index contributed by atoms with van der Waals surface area (Å²) in [5, 5.41) is 12.1. The van der Waals surface area contributed by atoms with E-state index in [1.807, 2.05) is 0 Å². The van der Waals surface area contributed by atoms with Gasteiger partial charge < -0.3 is 0 Å². The van der Waals surface area contributed by atoms with Crippen molar-refractivity contribution in [3.63, 3.8) is 0 Å². The summed E-state index contributed by atoms with van der Waals surface area (Å²) in [5.74, 6) is 0.856. The van der Waals surface area contributed by atoms with Crippen LogP contribution in [0.5, 0.6) is 0 Å². The van der Waals surface area contributed by atoms with E-state index in [0.717, 1.165) is 12.2 Å². The molecule has 0 amide bonds. The number of hydrogen-bond acceptors (Lipinski definition) is 4. The molecule has 1 aliphatic rings. The number of tetrazole rings is 1. The minimum atomic E-state index is 0.365. The molecule has 0 aromatic carbocycles. The molecule has 0 radical (unpaired) electrons. The molecule has 13 heavy (non-hydrogen) atoms. The lowest BCUT2D eigenvalue weighted by molar-refractivity contribution is 0.248. The fourth-order valence-electron chi connectivity index (χ4n) is 1.86. The van der Waals surface area contributed by atoms with Crippen molar-refractivity contribution < 1.29 is 0 Å². The van der Waals surface area contributed by atoms with E-state index in [-0.39, 0.29) is 0 Å². The zero-order valence-electron chi connectivity index (χ0n) is 8.30. The van der Waals surface area contributed by atoms with Crippen molar-refractivity contribution in [2.45, 2.75) is 31.8 Å². The van der Waals surface area contributed by atoms with Gasteiger partial charge in [0.1, 0.15) is 0 Å². The molecule has 5 nitrogen and oxygen atoms in total. The highest BCUT2D eigenvalue weighted by atomic mass is 15.6. The highest BCUT2D eigenvalue weighted by Gasteiger charge is 2.31. The van der Waals surface area contributed by atoms with Crippen molar-refractivity contribution in [3.05, 3.63) is 5.82 Å². The fraction of sp³-hybridized carbons (Fsp3) is 0.875. The predicted octanol–water partition coefficient (Wildman–Crippen LogP) is 0.365. The maximum atomic E-state index is 4.23. The molecule has 5 heteroatoms. The Morgan fingerprint density at radius 3 is 2.54 bits per heavy atom. The van der Waals surface area contributed by atoms with Crippen molar-refractivity contribution >= 4 is 0 Å². The second-order valence-electron chi connectivity index (χ2n) is 3.74. The van der Waals surface area contributed by atoms with Gasteiger partial charge >= 0.3 is 0 Å². The quantitative estimate of drug-likeness (QED) is 0.628. The second kappa shape index (κ2) is 3.06. The van der Waals surface area contributed by atoms with Crippen molar-refractivity contribution in [1.29, 1.82) is 0 Å². The van der Waals surface area contributed by atoms with Crippen LogP contribution in [0.4, 0.5) is 0 Å². The minimum Gasteiger partial charge on any atom is -0.294 e. The fourth-order valence-corrected chi connectivity index (χ4v) is 1.86. The Morgan fingerprint density at radius 1 is 1.31 bits per heavy atom. The standard InChI is InChI=1S/C8H15N5/c1-6-4-5-7(12(6)2)8-9-11-13(3)10-8/h6-7H,4-5H2,1-3H3/t6-,7-/m1/s1. The zero-order chi connectivity index (χ0) is 9.42. The van der Waals surface area contributed by atoms with E-state index < -0.39 is 0 Å². The lowest BCUT2D eigenvalue weighted by atomic mass is 10.2. The average molecular weight is 181 g/mol. The molecule has 0 saturated carbocycles. The third-order valence-electron chi connectivity index (χ3n) is 2.87. The monoisotopic (exact) mass is 181 g/mol. The van der Waals surface area contributed by atoms with E-state index in [4.69, 9.17) is 0 Å².